The Morgan fingerprint density at radius 3 is 2.46 bits per heavy atom. The summed E-state index contributed by atoms with van der Waals surface area (Å²) < 4.78 is 36.6. The molecule has 6 nitrogen and oxygen atoms in total. The van der Waals surface area contributed by atoms with Gasteiger partial charge in [-0.15, -0.1) is 0 Å². The van der Waals surface area contributed by atoms with Crippen LogP contribution in [0.25, 0.3) is 0 Å². The Balaban J connectivity index is 2.88. The van der Waals surface area contributed by atoms with Crippen molar-refractivity contribution < 1.29 is 28.0 Å². The number of carbonyl (C=O) groups is 1. The second-order valence-corrected chi connectivity index (χ2v) is 6.46. The molecular weight excluding hydrogens is 396 g/mol. The molecule has 0 spiro atoms. The SMILES string of the molecule is CCOC(=O)C(C)(c1cc(Cl)ccc1OC)c1ccc(C(F)F)cc1[N+](=O)[O-]. The van der Waals surface area contributed by atoms with Crippen LogP contribution in [-0.4, -0.2) is 24.6 Å². The summed E-state index contributed by atoms with van der Waals surface area (Å²) in [4.78, 5) is 23.8. The molecule has 0 aromatic heterocycles. The first-order valence-corrected chi connectivity index (χ1v) is 8.62. The molecule has 0 aliphatic carbocycles. The van der Waals surface area contributed by atoms with Crippen LogP contribution in [0.15, 0.2) is 36.4 Å². The van der Waals surface area contributed by atoms with Crippen molar-refractivity contribution in [3.8, 4) is 5.75 Å². The Morgan fingerprint density at radius 1 is 1.25 bits per heavy atom. The van der Waals surface area contributed by atoms with Gasteiger partial charge in [0.05, 0.1) is 24.2 Å². The molecule has 150 valence electrons. The third-order valence-electron chi connectivity index (χ3n) is 4.39. The van der Waals surface area contributed by atoms with Gasteiger partial charge in [-0.05, 0) is 32.0 Å². The number of hydrogen-bond acceptors (Lipinski definition) is 5. The fourth-order valence-electron chi connectivity index (χ4n) is 2.97. The zero-order chi connectivity index (χ0) is 21.1. The lowest BCUT2D eigenvalue weighted by Crippen LogP contribution is -2.37. The van der Waals surface area contributed by atoms with Crippen LogP contribution in [0.3, 0.4) is 0 Å². The molecule has 0 aliphatic rings. The Hall–Kier alpha value is -2.74. The third-order valence-corrected chi connectivity index (χ3v) is 4.63. The van der Waals surface area contributed by atoms with E-state index < -0.39 is 34.0 Å². The lowest BCUT2D eigenvalue weighted by molar-refractivity contribution is -0.386. The van der Waals surface area contributed by atoms with Crippen LogP contribution in [0.5, 0.6) is 5.75 Å². The lowest BCUT2D eigenvalue weighted by Gasteiger charge is -2.29. The van der Waals surface area contributed by atoms with E-state index in [4.69, 9.17) is 21.1 Å². The first-order valence-electron chi connectivity index (χ1n) is 8.25. The number of methoxy groups -OCH3 is 1. The van der Waals surface area contributed by atoms with E-state index in [0.29, 0.717) is 0 Å². The number of ether oxygens (including phenoxy) is 2. The zero-order valence-electron chi connectivity index (χ0n) is 15.4. The van der Waals surface area contributed by atoms with Gasteiger partial charge in [-0.3, -0.25) is 14.9 Å². The quantitative estimate of drug-likeness (QED) is 0.360. The summed E-state index contributed by atoms with van der Waals surface area (Å²) in [5.41, 5.74) is -2.78. The van der Waals surface area contributed by atoms with E-state index in [1.54, 1.807) is 6.92 Å². The lowest BCUT2D eigenvalue weighted by atomic mass is 9.74. The Kier molecular flexibility index (Phi) is 6.56. The van der Waals surface area contributed by atoms with Crippen molar-refractivity contribution >= 4 is 23.3 Å². The van der Waals surface area contributed by atoms with Crippen LogP contribution >= 0.6 is 11.6 Å². The first-order chi connectivity index (χ1) is 13.2. The van der Waals surface area contributed by atoms with Crippen molar-refractivity contribution in [2.75, 3.05) is 13.7 Å². The largest absolute Gasteiger partial charge is 0.496 e. The molecule has 0 fully saturated rings. The van der Waals surface area contributed by atoms with Crippen molar-refractivity contribution in [2.45, 2.75) is 25.7 Å². The normalized spacial score (nSPS) is 13.1. The average Bonchev–Trinajstić information content (AvgIpc) is 2.66. The molecule has 1 unspecified atom stereocenters. The summed E-state index contributed by atoms with van der Waals surface area (Å²) in [7, 11) is 1.37. The van der Waals surface area contributed by atoms with E-state index in [9.17, 15) is 23.7 Å². The minimum atomic E-state index is -2.90. The van der Waals surface area contributed by atoms with Gasteiger partial charge >= 0.3 is 5.97 Å². The van der Waals surface area contributed by atoms with Gasteiger partial charge in [0.15, 0.2) is 0 Å². The number of benzene rings is 2. The van der Waals surface area contributed by atoms with Crippen molar-refractivity contribution in [3.63, 3.8) is 0 Å². The Morgan fingerprint density at radius 2 is 1.93 bits per heavy atom. The smallest absolute Gasteiger partial charge is 0.321 e. The van der Waals surface area contributed by atoms with E-state index in [0.717, 1.165) is 18.2 Å². The predicted molar refractivity (Wildman–Crippen MR) is 99.1 cm³/mol. The maximum Gasteiger partial charge on any atom is 0.321 e. The zero-order valence-corrected chi connectivity index (χ0v) is 16.1. The van der Waals surface area contributed by atoms with E-state index in [2.05, 4.69) is 0 Å². The van der Waals surface area contributed by atoms with Crippen LogP contribution in [0, 0.1) is 10.1 Å². The molecule has 2 aromatic rings. The molecule has 0 N–H and O–H groups in total. The fourth-order valence-corrected chi connectivity index (χ4v) is 3.14. The van der Waals surface area contributed by atoms with E-state index in [1.165, 1.54) is 32.2 Å². The second-order valence-electron chi connectivity index (χ2n) is 6.02. The minimum absolute atomic E-state index is 0.0141. The van der Waals surface area contributed by atoms with Crippen molar-refractivity contribution in [2.24, 2.45) is 0 Å². The molecule has 0 radical (unpaired) electrons. The molecule has 28 heavy (non-hydrogen) atoms. The van der Waals surface area contributed by atoms with Gasteiger partial charge in [-0.1, -0.05) is 23.7 Å². The Labute approximate surface area is 165 Å². The molecule has 2 rings (SSSR count). The highest BCUT2D eigenvalue weighted by Gasteiger charge is 2.45. The summed E-state index contributed by atoms with van der Waals surface area (Å²) in [6, 6.07) is 7.41. The van der Waals surface area contributed by atoms with Crippen molar-refractivity contribution in [1.82, 2.24) is 0 Å². The summed E-state index contributed by atoms with van der Waals surface area (Å²) >= 11 is 6.08. The molecular formula is C19H18ClF2NO5. The molecule has 0 heterocycles. The van der Waals surface area contributed by atoms with Crippen LogP contribution in [-0.2, 0) is 14.9 Å². The van der Waals surface area contributed by atoms with Gasteiger partial charge in [0.25, 0.3) is 12.1 Å². The number of esters is 1. The molecule has 1 atom stereocenters. The number of nitro groups is 1. The summed E-state index contributed by atoms with van der Waals surface area (Å²) in [5.74, 6) is -0.560. The molecule has 0 saturated carbocycles. The van der Waals surface area contributed by atoms with Gasteiger partial charge < -0.3 is 9.47 Å². The highest BCUT2D eigenvalue weighted by molar-refractivity contribution is 6.30. The van der Waals surface area contributed by atoms with Crippen LogP contribution in [0.1, 0.15) is 37.0 Å². The van der Waals surface area contributed by atoms with E-state index in [1.807, 2.05) is 0 Å². The van der Waals surface area contributed by atoms with Crippen molar-refractivity contribution in [1.29, 1.82) is 0 Å². The van der Waals surface area contributed by atoms with Crippen LogP contribution in [0.4, 0.5) is 14.5 Å². The highest BCUT2D eigenvalue weighted by Crippen LogP contribution is 2.44. The van der Waals surface area contributed by atoms with Gasteiger partial charge in [-0.2, -0.15) is 0 Å². The number of alkyl halides is 2. The average molecular weight is 414 g/mol. The molecule has 0 saturated heterocycles. The van der Waals surface area contributed by atoms with E-state index >= 15 is 0 Å². The maximum absolute atomic E-state index is 13.1. The molecule has 9 heteroatoms. The standard InChI is InChI=1S/C19H18ClF2NO5/c1-4-28-18(24)19(2,14-10-12(20)6-8-16(14)27-3)13-7-5-11(17(21)22)9-15(13)23(25)26/h5-10,17H,4H2,1-3H3. The topological polar surface area (TPSA) is 78.7 Å². The monoisotopic (exact) mass is 413 g/mol. The second kappa shape index (κ2) is 8.52. The third kappa shape index (κ3) is 3.91. The summed E-state index contributed by atoms with van der Waals surface area (Å²) in [6.07, 6.45) is -2.90. The number of nitrogens with zero attached hydrogens (tertiary/aromatic N) is 1. The minimum Gasteiger partial charge on any atom is -0.496 e. The Bertz CT molecular complexity index is 906. The maximum atomic E-state index is 13.1. The summed E-state index contributed by atoms with van der Waals surface area (Å²) in [5, 5.41) is 11.9. The number of carbonyl (C=O) groups excluding carboxylic acids is 1. The molecule has 2 aromatic carbocycles. The van der Waals surface area contributed by atoms with Crippen molar-refractivity contribution in [3.05, 3.63) is 68.2 Å². The number of nitro benzene ring substituents is 1. The molecule has 0 amide bonds. The predicted octanol–water partition coefficient (Wildman–Crippen LogP) is 5.06. The number of rotatable bonds is 7. The van der Waals surface area contributed by atoms with Gasteiger partial charge in [0.1, 0.15) is 11.2 Å². The van der Waals surface area contributed by atoms with Gasteiger partial charge in [0.2, 0.25) is 0 Å². The van der Waals surface area contributed by atoms with Gasteiger partial charge in [0, 0.05) is 22.2 Å². The highest BCUT2D eigenvalue weighted by atomic mass is 35.5. The van der Waals surface area contributed by atoms with Crippen LogP contribution < -0.4 is 4.74 Å². The first kappa shape index (κ1) is 21.6. The van der Waals surface area contributed by atoms with Gasteiger partial charge in [-0.25, -0.2) is 8.78 Å². The fraction of sp³-hybridized carbons (Fsp3) is 0.316. The number of hydrogen-bond donors (Lipinski definition) is 0. The van der Waals surface area contributed by atoms with E-state index in [-0.39, 0.29) is 28.5 Å². The molecule has 0 aliphatic heterocycles. The summed E-state index contributed by atoms with van der Waals surface area (Å²) in [6.45, 7) is 3.01. The molecule has 0 bridgehead atoms. The van der Waals surface area contributed by atoms with Crippen LogP contribution in [0.2, 0.25) is 5.02 Å². The number of halogens is 3.